The van der Waals surface area contributed by atoms with Crippen molar-refractivity contribution in [1.29, 1.82) is 0 Å². The first-order chi connectivity index (χ1) is 17.1. The van der Waals surface area contributed by atoms with E-state index in [0.717, 1.165) is 12.1 Å². The topological polar surface area (TPSA) is 105 Å². The fourth-order valence-electron chi connectivity index (χ4n) is 3.38. The minimum absolute atomic E-state index is 0.0553. The summed E-state index contributed by atoms with van der Waals surface area (Å²) in [5, 5.41) is 12.4. The van der Waals surface area contributed by atoms with E-state index in [9.17, 15) is 22.8 Å². The van der Waals surface area contributed by atoms with E-state index >= 15 is 0 Å². The van der Waals surface area contributed by atoms with Gasteiger partial charge in [0.15, 0.2) is 0 Å². The summed E-state index contributed by atoms with van der Waals surface area (Å²) in [6.07, 6.45) is -0.680. The molecule has 5 rings (SSSR count). The predicted molar refractivity (Wildman–Crippen MR) is 131 cm³/mol. The lowest BCUT2D eigenvalue weighted by Crippen LogP contribution is -2.13. The van der Waals surface area contributed by atoms with Crippen molar-refractivity contribution >= 4 is 28.5 Å². The van der Waals surface area contributed by atoms with Crippen molar-refractivity contribution in [1.82, 2.24) is 4.98 Å². The zero-order valence-corrected chi connectivity index (χ0v) is 18.9. The Morgan fingerprint density at radius 3 is 2.25 bits per heavy atom. The highest BCUT2D eigenvalue weighted by atomic mass is 19.4. The van der Waals surface area contributed by atoms with E-state index in [0.29, 0.717) is 39.3 Å². The molecule has 9 heteroatoms. The van der Waals surface area contributed by atoms with Crippen molar-refractivity contribution in [3.63, 3.8) is 0 Å². The predicted octanol–water partition coefficient (Wildman–Crippen LogP) is 5.98. The second-order valence-electron chi connectivity index (χ2n) is 8.35. The average molecular weight is 493 g/mol. The largest absolute Gasteiger partial charge is 0.478 e. The number of alkyl halides is 3. The maximum absolute atomic E-state index is 12.9. The van der Waals surface area contributed by atoms with Gasteiger partial charge in [0, 0.05) is 28.9 Å². The summed E-state index contributed by atoms with van der Waals surface area (Å²) < 4.78 is 38.5. The first-order valence-electron chi connectivity index (χ1n) is 11.1. The lowest BCUT2D eigenvalue weighted by atomic mass is 9.98. The number of aromatic carboxylic acids is 1. The highest BCUT2D eigenvalue weighted by molar-refractivity contribution is 6.09. The highest BCUT2D eigenvalue weighted by Crippen LogP contribution is 2.32. The Labute approximate surface area is 204 Å². The second-order valence-corrected chi connectivity index (χ2v) is 8.35. The van der Waals surface area contributed by atoms with E-state index in [1.54, 1.807) is 42.5 Å². The molecule has 4 aromatic rings. The highest BCUT2D eigenvalue weighted by Gasteiger charge is 2.30. The third kappa shape index (κ3) is 6.05. The molecule has 1 aliphatic carbocycles. The maximum Gasteiger partial charge on any atom is 0.416 e. The van der Waals surface area contributed by atoms with Gasteiger partial charge in [-0.15, -0.1) is 0 Å². The van der Waals surface area contributed by atoms with Gasteiger partial charge in [-0.25, -0.2) is 4.79 Å². The molecule has 6 nitrogen and oxygen atoms in total. The number of pyridine rings is 1. The smallest absolute Gasteiger partial charge is 0.416 e. The van der Waals surface area contributed by atoms with Crippen molar-refractivity contribution in [2.24, 2.45) is 5.73 Å². The number of aromatic nitrogens is 1. The van der Waals surface area contributed by atoms with Crippen LogP contribution in [0.1, 0.15) is 39.1 Å². The van der Waals surface area contributed by atoms with E-state index in [1.807, 2.05) is 0 Å². The second kappa shape index (κ2) is 10.2. The number of anilines is 1. The number of carboxylic acids is 1. The van der Waals surface area contributed by atoms with Crippen LogP contribution in [0.4, 0.5) is 18.9 Å². The molecular weight excluding hydrogens is 471 g/mol. The molecule has 4 N–H and O–H groups in total. The van der Waals surface area contributed by atoms with Crippen LogP contribution in [0.5, 0.6) is 0 Å². The number of nitrogens with zero attached hydrogens (tertiary/aromatic N) is 1. The van der Waals surface area contributed by atoms with Crippen molar-refractivity contribution in [2.45, 2.75) is 25.1 Å². The molecule has 0 saturated heterocycles. The van der Waals surface area contributed by atoms with Crippen molar-refractivity contribution in [2.75, 3.05) is 5.32 Å². The number of nitrogens with two attached hydrogens (primary N) is 1. The standard InChI is InChI=1S/C24H15F3N2O3.C3H7N/c25-24(26,27)17-8-5-14(6-9-17)19-3-1-2-4-20(19)22(30)29-18-10-7-15-11-16(23(31)32)13-28-21(15)12-18;4-3-1-2-3/h1-13H,(H,29,30)(H,31,32);3H,1-2,4H2. The zero-order chi connectivity index (χ0) is 25.9. The van der Waals surface area contributed by atoms with Crippen LogP contribution >= 0.6 is 0 Å². The summed E-state index contributed by atoms with van der Waals surface area (Å²) in [6, 6.07) is 18.2. The quantitative estimate of drug-likeness (QED) is 0.324. The van der Waals surface area contributed by atoms with Gasteiger partial charge in [-0.1, -0.05) is 36.4 Å². The van der Waals surface area contributed by atoms with Gasteiger partial charge in [-0.05, 0) is 60.4 Å². The minimum atomic E-state index is -4.44. The lowest BCUT2D eigenvalue weighted by molar-refractivity contribution is -0.137. The summed E-state index contributed by atoms with van der Waals surface area (Å²) in [5.74, 6) is -1.53. The molecule has 1 fully saturated rings. The number of carboxylic acid groups (broad SMARTS) is 1. The summed E-state index contributed by atoms with van der Waals surface area (Å²) >= 11 is 0. The van der Waals surface area contributed by atoms with Gasteiger partial charge >= 0.3 is 12.1 Å². The molecule has 1 aromatic heterocycles. The number of hydrogen-bond acceptors (Lipinski definition) is 4. The summed E-state index contributed by atoms with van der Waals surface area (Å²) in [7, 11) is 0. The number of carbonyl (C=O) groups is 2. The Kier molecular flexibility index (Phi) is 7.03. The third-order valence-corrected chi connectivity index (χ3v) is 5.51. The summed E-state index contributed by atoms with van der Waals surface area (Å²) in [4.78, 5) is 28.1. The zero-order valence-electron chi connectivity index (χ0n) is 18.9. The van der Waals surface area contributed by atoms with Crippen LogP contribution in [0.3, 0.4) is 0 Å². The lowest BCUT2D eigenvalue weighted by Gasteiger charge is -2.12. The van der Waals surface area contributed by atoms with Crippen LogP contribution in [0.2, 0.25) is 0 Å². The Balaban J connectivity index is 0.000000692. The molecule has 1 saturated carbocycles. The molecule has 36 heavy (non-hydrogen) atoms. The van der Waals surface area contributed by atoms with Gasteiger partial charge in [-0.3, -0.25) is 9.78 Å². The SMILES string of the molecule is NC1CC1.O=C(O)c1cnc2cc(NC(=O)c3ccccc3-c3ccc(C(F)(F)F)cc3)ccc2c1. The van der Waals surface area contributed by atoms with E-state index in [-0.39, 0.29) is 5.56 Å². The monoisotopic (exact) mass is 493 g/mol. The Hall–Kier alpha value is -4.24. The molecular formula is C27H22F3N3O3. The summed E-state index contributed by atoms with van der Waals surface area (Å²) in [5.41, 5.74) is 6.72. The fraction of sp³-hybridized carbons (Fsp3) is 0.148. The first kappa shape index (κ1) is 24.9. The number of hydrogen-bond donors (Lipinski definition) is 3. The Morgan fingerprint density at radius 1 is 0.972 bits per heavy atom. The number of halogens is 3. The first-order valence-corrected chi connectivity index (χ1v) is 11.1. The van der Waals surface area contributed by atoms with Crippen LogP contribution in [-0.2, 0) is 6.18 Å². The van der Waals surface area contributed by atoms with Crippen molar-refractivity contribution < 1.29 is 27.9 Å². The van der Waals surface area contributed by atoms with Crippen LogP contribution in [0, 0.1) is 0 Å². The normalized spacial score (nSPS) is 13.0. The third-order valence-electron chi connectivity index (χ3n) is 5.51. The Bertz CT molecular complexity index is 1420. The molecule has 1 heterocycles. The summed E-state index contributed by atoms with van der Waals surface area (Å²) in [6.45, 7) is 0. The molecule has 1 aliphatic rings. The molecule has 0 spiro atoms. The van der Waals surface area contributed by atoms with Crippen molar-refractivity contribution in [3.8, 4) is 11.1 Å². The number of benzene rings is 3. The van der Waals surface area contributed by atoms with Gasteiger partial charge in [0.05, 0.1) is 16.6 Å². The number of fused-ring (bicyclic) bond motifs is 1. The van der Waals surface area contributed by atoms with Gasteiger partial charge < -0.3 is 16.2 Å². The molecule has 3 aromatic carbocycles. The number of carbonyl (C=O) groups excluding carboxylic acids is 1. The van der Waals surface area contributed by atoms with E-state index < -0.39 is 23.6 Å². The van der Waals surface area contributed by atoms with E-state index in [1.165, 1.54) is 37.2 Å². The fourth-order valence-corrected chi connectivity index (χ4v) is 3.38. The number of rotatable bonds is 4. The van der Waals surface area contributed by atoms with Gasteiger partial charge in [0.25, 0.3) is 5.91 Å². The number of nitrogens with one attached hydrogen (secondary N) is 1. The molecule has 0 bridgehead atoms. The Morgan fingerprint density at radius 2 is 1.64 bits per heavy atom. The maximum atomic E-state index is 12.9. The molecule has 184 valence electrons. The molecule has 0 radical (unpaired) electrons. The molecule has 1 amide bonds. The molecule has 0 aliphatic heterocycles. The van der Waals surface area contributed by atoms with E-state index in [2.05, 4.69) is 10.3 Å². The molecule has 0 unspecified atom stereocenters. The van der Waals surface area contributed by atoms with Crippen LogP contribution < -0.4 is 11.1 Å². The minimum Gasteiger partial charge on any atom is -0.478 e. The molecule has 0 atom stereocenters. The number of amides is 1. The van der Waals surface area contributed by atoms with E-state index in [4.69, 9.17) is 10.8 Å². The van der Waals surface area contributed by atoms with Crippen LogP contribution in [0.25, 0.3) is 22.0 Å². The van der Waals surface area contributed by atoms with Gasteiger partial charge in [0.1, 0.15) is 0 Å². The average Bonchev–Trinajstić information content (AvgIpc) is 3.65. The van der Waals surface area contributed by atoms with Crippen LogP contribution in [-0.4, -0.2) is 28.0 Å². The van der Waals surface area contributed by atoms with Gasteiger partial charge in [-0.2, -0.15) is 13.2 Å². The van der Waals surface area contributed by atoms with Crippen molar-refractivity contribution in [3.05, 3.63) is 95.7 Å². The van der Waals surface area contributed by atoms with Gasteiger partial charge in [0.2, 0.25) is 0 Å². The van der Waals surface area contributed by atoms with Crippen LogP contribution in [0.15, 0.2) is 79.0 Å².